The zero-order valence-corrected chi connectivity index (χ0v) is 20.7. The van der Waals surface area contributed by atoms with Crippen LogP contribution in [0.5, 0.6) is 0 Å². The maximum atomic E-state index is 4.69. The number of hydrogen-bond donors (Lipinski definition) is 0. The first-order chi connectivity index (χ1) is 15.4. The number of rotatable bonds is 6. The first kappa shape index (κ1) is 22.6. The number of hydrogen-bond acceptors (Lipinski definition) is 1. The Morgan fingerprint density at radius 1 is 0.594 bits per heavy atom. The van der Waals surface area contributed by atoms with E-state index < -0.39 is 7.92 Å². The van der Waals surface area contributed by atoms with E-state index in [0.29, 0.717) is 0 Å². The summed E-state index contributed by atoms with van der Waals surface area (Å²) in [6, 6.07) is 41.9. The molecule has 5 aromatic rings. The molecule has 0 saturated heterocycles. The van der Waals surface area contributed by atoms with E-state index in [1.165, 1.54) is 31.9 Å². The molecule has 0 aliphatic rings. The van der Waals surface area contributed by atoms with Gasteiger partial charge in [0.1, 0.15) is 9.52 Å². The third-order valence-electron chi connectivity index (χ3n) is 5.64. The Kier molecular flexibility index (Phi) is 7.68. The van der Waals surface area contributed by atoms with Crippen LogP contribution in [0, 0.1) is 0 Å². The predicted octanol–water partition coefficient (Wildman–Crippen LogP) is 3.98. The topological polar surface area (TPSA) is 12.9 Å². The van der Waals surface area contributed by atoms with Crippen molar-refractivity contribution in [2.24, 2.45) is 0 Å². The van der Waals surface area contributed by atoms with Gasteiger partial charge in [0, 0.05) is 28.7 Å². The van der Waals surface area contributed by atoms with E-state index in [-0.39, 0.29) is 26.6 Å². The van der Waals surface area contributed by atoms with Crippen LogP contribution in [-0.4, -0.2) is 14.5 Å². The second kappa shape index (κ2) is 10.9. The molecule has 1 nitrogen and oxygen atoms in total. The minimum Gasteiger partial charge on any atom is -0.256 e. The van der Waals surface area contributed by atoms with Crippen molar-refractivity contribution in [3.63, 3.8) is 0 Å². The third-order valence-corrected chi connectivity index (χ3v) is 10.1. The van der Waals surface area contributed by atoms with Crippen molar-refractivity contribution in [3.8, 4) is 0 Å². The van der Waals surface area contributed by atoms with Crippen molar-refractivity contribution in [2.45, 2.75) is 6.16 Å². The Hall–Kier alpha value is -2.54. The van der Waals surface area contributed by atoms with Crippen molar-refractivity contribution >= 4 is 49.3 Å². The van der Waals surface area contributed by atoms with E-state index in [0.717, 1.165) is 11.7 Å². The van der Waals surface area contributed by atoms with Crippen LogP contribution in [0.1, 0.15) is 5.56 Å². The number of nitrogens with zero attached hydrogens (tertiary/aromatic N) is 1. The molecule has 1 aromatic heterocycles. The molecule has 32 heavy (non-hydrogen) atoms. The second-order valence-electron chi connectivity index (χ2n) is 7.65. The zero-order valence-electron chi connectivity index (χ0n) is 17.6. The minimum absolute atomic E-state index is 0. The standard InChI is InChI=1S/C28H23NPSi.Cu/c1-3-14-24(15-4-1)30(25-16-5-2-6-17-25)21-23-11-7-8-18-26(23)31-27-19-9-12-22-13-10-20-29-28(22)27;/h1-20,31H,21H2;/p+1. The van der Waals surface area contributed by atoms with Gasteiger partial charge in [-0.2, -0.15) is 0 Å². The molecule has 4 aromatic carbocycles. The molecule has 0 fully saturated rings. The number of aromatic nitrogens is 1. The summed E-state index contributed by atoms with van der Waals surface area (Å²) in [6.07, 6.45) is 3.00. The number of fused-ring (bicyclic) bond motifs is 1. The van der Waals surface area contributed by atoms with E-state index in [1.54, 1.807) is 0 Å². The summed E-state index contributed by atoms with van der Waals surface area (Å²) in [6.45, 7) is 0. The number of benzene rings is 4. The minimum atomic E-state index is -0.910. The summed E-state index contributed by atoms with van der Waals surface area (Å²) >= 11 is 0. The normalized spacial score (nSPS) is 10.8. The van der Waals surface area contributed by atoms with Gasteiger partial charge in [-0.05, 0) is 41.1 Å². The summed E-state index contributed by atoms with van der Waals surface area (Å²) in [5.74, 6) is 0. The van der Waals surface area contributed by atoms with Gasteiger partial charge in [0.25, 0.3) is 0 Å². The van der Waals surface area contributed by atoms with Crippen molar-refractivity contribution in [3.05, 3.63) is 127 Å². The van der Waals surface area contributed by atoms with Gasteiger partial charge in [0.05, 0.1) is 30.2 Å². The molecule has 0 aliphatic carbocycles. The molecule has 5 rings (SSSR count). The van der Waals surface area contributed by atoms with Gasteiger partial charge in [-0.3, -0.25) is 4.98 Å². The molecule has 0 bridgehead atoms. The summed E-state index contributed by atoms with van der Waals surface area (Å²) in [7, 11) is -0.928. The van der Waals surface area contributed by atoms with E-state index in [2.05, 4.69) is 109 Å². The van der Waals surface area contributed by atoms with Crippen LogP contribution in [0.15, 0.2) is 121 Å². The van der Waals surface area contributed by atoms with Crippen LogP contribution in [0.25, 0.3) is 10.9 Å². The smallest absolute Gasteiger partial charge is 0.107 e. The molecule has 0 saturated carbocycles. The fourth-order valence-corrected chi connectivity index (χ4v) is 8.44. The molecule has 1 heterocycles. The summed E-state index contributed by atoms with van der Waals surface area (Å²) in [5.41, 5.74) is 2.62. The van der Waals surface area contributed by atoms with Crippen LogP contribution in [-0.2, 0) is 23.2 Å². The van der Waals surface area contributed by atoms with Crippen molar-refractivity contribution in [1.29, 1.82) is 0 Å². The predicted molar refractivity (Wildman–Crippen MR) is 139 cm³/mol. The molecule has 0 amide bonds. The van der Waals surface area contributed by atoms with E-state index in [1.807, 2.05) is 12.3 Å². The van der Waals surface area contributed by atoms with Gasteiger partial charge in [0.15, 0.2) is 0 Å². The first-order valence-corrected chi connectivity index (χ1v) is 13.5. The van der Waals surface area contributed by atoms with Crippen molar-refractivity contribution < 1.29 is 17.1 Å². The average molecular weight is 497 g/mol. The van der Waals surface area contributed by atoms with Crippen molar-refractivity contribution in [2.75, 3.05) is 0 Å². The van der Waals surface area contributed by atoms with Crippen molar-refractivity contribution in [1.82, 2.24) is 4.98 Å². The molecule has 0 spiro atoms. The summed E-state index contributed by atoms with van der Waals surface area (Å²) in [4.78, 5) is 4.69. The molecule has 0 N–H and O–H groups in total. The summed E-state index contributed by atoms with van der Waals surface area (Å²) in [5, 5.41) is 7.02. The van der Waals surface area contributed by atoms with Gasteiger partial charge in [-0.15, -0.1) is 0 Å². The maximum absolute atomic E-state index is 4.69. The Labute approximate surface area is 204 Å². The fourth-order valence-electron chi connectivity index (χ4n) is 4.09. The quantitative estimate of drug-likeness (QED) is 0.256. The van der Waals surface area contributed by atoms with E-state index >= 15 is 0 Å². The molecular formula is C28H24CuNPSi+. The van der Waals surface area contributed by atoms with Crippen LogP contribution in [0.4, 0.5) is 0 Å². The van der Waals surface area contributed by atoms with Gasteiger partial charge < -0.3 is 0 Å². The van der Waals surface area contributed by atoms with Crippen LogP contribution in [0.2, 0.25) is 0 Å². The largest absolute Gasteiger partial charge is 0.256 e. The Morgan fingerprint density at radius 2 is 1.19 bits per heavy atom. The molecule has 4 heteroatoms. The Bertz CT molecular complexity index is 1250. The molecule has 2 radical (unpaired) electrons. The Morgan fingerprint density at radius 3 is 1.91 bits per heavy atom. The van der Waals surface area contributed by atoms with Gasteiger partial charge >= 0.3 is 0 Å². The Balaban J connectivity index is 0.00000245. The molecular weight excluding hydrogens is 473 g/mol. The summed E-state index contributed by atoms with van der Waals surface area (Å²) < 4.78 is 0. The first-order valence-electron chi connectivity index (χ1n) is 10.6. The van der Waals surface area contributed by atoms with Crippen LogP contribution < -0.4 is 21.0 Å². The number of pyridine rings is 1. The SMILES string of the molecule is [Cu].c1ccc([PH+](Cc2ccccc2[SiH]c2cccc3cccnc23)c2ccccc2)cc1. The third kappa shape index (κ3) is 5.09. The number of para-hydroxylation sites is 1. The maximum Gasteiger partial charge on any atom is 0.107 e. The fraction of sp³-hybridized carbons (Fsp3) is 0.0357. The van der Waals surface area contributed by atoms with Crippen LogP contribution >= 0.6 is 7.92 Å². The van der Waals surface area contributed by atoms with Crippen LogP contribution in [0.3, 0.4) is 0 Å². The average Bonchev–Trinajstić information content (AvgIpc) is 2.85. The zero-order chi connectivity index (χ0) is 20.9. The van der Waals surface area contributed by atoms with E-state index in [4.69, 9.17) is 4.98 Å². The van der Waals surface area contributed by atoms with Gasteiger partial charge in [-0.25, -0.2) is 0 Å². The van der Waals surface area contributed by atoms with Gasteiger partial charge in [0.2, 0.25) is 0 Å². The van der Waals surface area contributed by atoms with E-state index in [9.17, 15) is 0 Å². The monoisotopic (exact) mass is 496 g/mol. The molecule has 0 atom stereocenters. The van der Waals surface area contributed by atoms with Gasteiger partial charge in [-0.1, -0.05) is 90.1 Å². The second-order valence-corrected chi connectivity index (χ2v) is 11.7. The molecule has 0 aliphatic heterocycles. The molecule has 160 valence electrons. The molecule has 0 unspecified atom stereocenters.